The molecular weight excluding hydrogens is 324 g/mol. The molecule has 1 fully saturated rings. The molecule has 1 aliphatic rings. The number of ether oxygens (including phenoxy) is 4. The normalized spacial score (nSPS) is 22.2. The van der Waals surface area contributed by atoms with E-state index in [1.807, 2.05) is 6.07 Å². The van der Waals surface area contributed by atoms with Gasteiger partial charge in [0.1, 0.15) is 12.7 Å². The number of carbonyl (C=O) groups is 2. The van der Waals surface area contributed by atoms with Crippen LogP contribution in [0.15, 0.2) is 30.3 Å². The zero-order valence-corrected chi connectivity index (χ0v) is 14.2. The summed E-state index contributed by atoms with van der Waals surface area (Å²) in [6, 6.07) is 8.70. The molecule has 0 aliphatic carbocycles. The predicted molar refractivity (Wildman–Crippen MR) is 89.6 cm³/mol. The number of hydrogen-bond donors (Lipinski definition) is 0. The van der Waals surface area contributed by atoms with Crippen molar-refractivity contribution in [3.05, 3.63) is 35.9 Å². The number of unbranched alkanes of at least 4 members (excludes halogenated alkanes) is 1. The molecule has 1 heterocycles. The van der Waals surface area contributed by atoms with Crippen LogP contribution in [0.1, 0.15) is 36.5 Å². The molecule has 3 atom stereocenters. The molecule has 0 saturated carbocycles. The van der Waals surface area contributed by atoms with Gasteiger partial charge < -0.3 is 18.9 Å². The summed E-state index contributed by atoms with van der Waals surface area (Å²) in [6.45, 7) is 1.82. The number of rotatable bonds is 8. The second-order valence-corrected chi connectivity index (χ2v) is 5.65. The van der Waals surface area contributed by atoms with Crippen LogP contribution in [0.2, 0.25) is 0 Å². The Hall–Kier alpha value is -2.36. The zero-order chi connectivity index (χ0) is 18.1. The lowest BCUT2D eigenvalue weighted by Gasteiger charge is -2.18. The van der Waals surface area contributed by atoms with Crippen LogP contribution in [0.25, 0.3) is 0 Å². The Kier molecular flexibility index (Phi) is 7.45. The molecule has 134 valence electrons. The maximum absolute atomic E-state index is 12.0. The predicted octanol–water partition coefficient (Wildman–Crippen LogP) is 2.32. The highest BCUT2D eigenvalue weighted by atomic mass is 16.7. The molecule has 1 aromatic carbocycles. The van der Waals surface area contributed by atoms with Crippen LogP contribution in [0.3, 0.4) is 0 Å². The molecule has 0 amide bonds. The lowest BCUT2D eigenvalue weighted by atomic mass is 10.2. The van der Waals surface area contributed by atoms with Crippen LogP contribution in [0.4, 0.5) is 0 Å². The molecule has 6 nitrogen and oxygen atoms in total. The van der Waals surface area contributed by atoms with E-state index in [-0.39, 0.29) is 6.61 Å². The van der Waals surface area contributed by atoms with Crippen molar-refractivity contribution in [2.45, 2.75) is 44.7 Å². The molecule has 0 radical (unpaired) electrons. The lowest BCUT2D eigenvalue weighted by molar-refractivity contribution is -0.192. The minimum Gasteiger partial charge on any atom is -0.459 e. The smallest absolute Gasteiger partial charge is 0.338 e. The fourth-order valence-electron chi connectivity index (χ4n) is 2.46. The molecule has 1 unspecified atom stereocenters. The average Bonchev–Trinajstić information content (AvgIpc) is 2.98. The molecule has 25 heavy (non-hydrogen) atoms. The summed E-state index contributed by atoms with van der Waals surface area (Å²) in [4.78, 5) is 23.2. The second-order valence-electron chi connectivity index (χ2n) is 5.65. The summed E-state index contributed by atoms with van der Waals surface area (Å²) in [7, 11) is 0. The van der Waals surface area contributed by atoms with Crippen molar-refractivity contribution in [3.63, 3.8) is 0 Å². The van der Waals surface area contributed by atoms with Gasteiger partial charge in [-0.3, -0.25) is 4.79 Å². The van der Waals surface area contributed by atoms with E-state index in [4.69, 9.17) is 25.4 Å². The maximum atomic E-state index is 12.0. The first-order valence-electron chi connectivity index (χ1n) is 8.20. The molecule has 1 saturated heterocycles. The van der Waals surface area contributed by atoms with Gasteiger partial charge >= 0.3 is 11.9 Å². The SMILES string of the molecule is C#CCCCO[C@@H]1C[C@H](COC(=O)c2ccccc2)OC1OC(C)=O. The van der Waals surface area contributed by atoms with Crippen molar-refractivity contribution in [2.24, 2.45) is 0 Å². The zero-order valence-electron chi connectivity index (χ0n) is 14.2. The average molecular weight is 346 g/mol. The van der Waals surface area contributed by atoms with E-state index >= 15 is 0 Å². The van der Waals surface area contributed by atoms with Gasteiger partial charge in [0.15, 0.2) is 0 Å². The molecule has 6 heteroatoms. The van der Waals surface area contributed by atoms with E-state index in [2.05, 4.69) is 5.92 Å². The second kappa shape index (κ2) is 9.82. The first-order chi connectivity index (χ1) is 12.1. The van der Waals surface area contributed by atoms with Gasteiger partial charge in [0.25, 0.3) is 0 Å². The monoisotopic (exact) mass is 346 g/mol. The molecular formula is C19H22O6. The molecule has 0 bridgehead atoms. The molecule has 1 aromatic rings. The Morgan fingerprint density at radius 1 is 1.32 bits per heavy atom. The summed E-state index contributed by atoms with van der Waals surface area (Å²) in [6.07, 6.45) is 5.41. The third kappa shape index (κ3) is 6.22. The number of carbonyl (C=O) groups excluding carboxylic acids is 2. The summed E-state index contributed by atoms with van der Waals surface area (Å²) < 4.78 is 21.8. The van der Waals surface area contributed by atoms with Crippen LogP contribution in [-0.4, -0.2) is 43.7 Å². The summed E-state index contributed by atoms with van der Waals surface area (Å²) in [5, 5.41) is 0. The highest BCUT2D eigenvalue weighted by molar-refractivity contribution is 5.89. The van der Waals surface area contributed by atoms with Crippen molar-refractivity contribution in [1.29, 1.82) is 0 Å². The number of hydrogen-bond acceptors (Lipinski definition) is 6. The van der Waals surface area contributed by atoms with Crippen LogP contribution >= 0.6 is 0 Å². The first kappa shape index (κ1) is 19.0. The largest absolute Gasteiger partial charge is 0.459 e. The Morgan fingerprint density at radius 3 is 2.76 bits per heavy atom. The first-order valence-corrected chi connectivity index (χ1v) is 8.20. The highest BCUT2D eigenvalue weighted by Crippen LogP contribution is 2.25. The molecule has 0 N–H and O–H groups in total. The van der Waals surface area contributed by atoms with E-state index in [0.29, 0.717) is 31.4 Å². The van der Waals surface area contributed by atoms with E-state index in [0.717, 1.165) is 0 Å². The van der Waals surface area contributed by atoms with Crippen LogP contribution in [0, 0.1) is 12.3 Å². The molecule has 2 rings (SSSR count). The van der Waals surface area contributed by atoms with Gasteiger partial charge in [-0.15, -0.1) is 12.3 Å². The van der Waals surface area contributed by atoms with Crippen molar-refractivity contribution in [2.75, 3.05) is 13.2 Å². The molecule has 0 aromatic heterocycles. The van der Waals surface area contributed by atoms with Gasteiger partial charge in [-0.25, -0.2) is 4.79 Å². The van der Waals surface area contributed by atoms with Crippen molar-refractivity contribution in [1.82, 2.24) is 0 Å². The van der Waals surface area contributed by atoms with Gasteiger partial charge in [0.2, 0.25) is 6.29 Å². The standard InChI is InChI=1S/C19H22O6/c1-3-4-8-11-22-17-12-16(25-19(17)24-14(2)20)13-23-18(21)15-9-6-5-7-10-15/h1,5-7,9-10,16-17,19H,4,8,11-13H2,2H3/t16-,17-,19?/m1/s1. The third-order valence-electron chi connectivity index (χ3n) is 3.61. The number of benzene rings is 1. The fraction of sp³-hybridized carbons (Fsp3) is 0.474. The van der Waals surface area contributed by atoms with Crippen LogP contribution in [0.5, 0.6) is 0 Å². The quantitative estimate of drug-likeness (QED) is 0.409. The Morgan fingerprint density at radius 2 is 2.08 bits per heavy atom. The number of terminal acetylenes is 1. The van der Waals surface area contributed by atoms with E-state index in [1.165, 1.54) is 6.92 Å². The van der Waals surface area contributed by atoms with Gasteiger partial charge in [-0.1, -0.05) is 18.2 Å². The van der Waals surface area contributed by atoms with Gasteiger partial charge in [0, 0.05) is 26.4 Å². The maximum Gasteiger partial charge on any atom is 0.338 e. The van der Waals surface area contributed by atoms with Gasteiger partial charge in [-0.05, 0) is 18.6 Å². The molecule has 1 aliphatic heterocycles. The minimum atomic E-state index is -0.802. The van der Waals surface area contributed by atoms with E-state index in [9.17, 15) is 9.59 Å². The van der Waals surface area contributed by atoms with Crippen LogP contribution < -0.4 is 0 Å². The highest BCUT2D eigenvalue weighted by Gasteiger charge is 2.38. The van der Waals surface area contributed by atoms with Crippen molar-refractivity contribution < 1.29 is 28.5 Å². The third-order valence-corrected chi connectivity index (χ3v) is 3.61. The van der Waals surface area contributed by atoms with Crippen LogP contribution in [-0.2, 0) is 23.7 Å². The van der Waals surface area contributed by atoms with E-state index < -0.39 is 30.4 Å². The van der Waals surface area contributed by atoms with Gasteiger partial charge in [0.05, 0.1) is 11.7 Å². The summed E-state index contributed by atoms with van der Waals surface area (Å²) >= 11 is 0. The fourth-order valence-corrected chi connectivity index (χ4v) is 2.46. The summed E-state index contributed by atoms with van der Waals surface area (Å²) in [5.41, 5.74) is 0.471. The van der Waals surface area contributed by atoms with Crippen molar-refractivity contribution >= 4 is 11.9 Å². The Balaban J connectivity index is 1.83. The summed E-state index contributed by atoms with van der Waals surface area (Å²) in [5.74, 6) is 1.66. The van der Waals surface area contributed by atoms with E-state index in [1.54, 1.807) is 24.3 Å². The topological polar surface area (TPSA) is 71.1 Å². The minimum absolute atomic E-state index is 0.0652. The van der Waals surface area contributed by atoms with Crippen molar-refractivity contribution in [3.8, 4) is 12.3 Å². The number of esters is 2. The van der Waals surface area contributed by atoms with Gasteiger partial charge in [-0.2, -0.15) is 0 Å². The Labute approximate surface area is 147 Å². The Bertz CT molecular complexity index is 606. The lowest BCUT2D eigenvalue weighted by Crippen LogP contribution is -2.29. The molecule has 0 spiro atoms.